The van der Waals surface area contributed by atoms with Gasteiger partial charge in [0.2, 0.25) is 0 Å². The van der Waals surface area contributed by atoms with E-state index in [2.05, 4.69) is 4.98 Å². The predicted molar refractivity (Wildman–Crippen MR) is 70.8 cm³/mol. The molecule has 0 fully saturated rings. The second kappa shape index (κ2) is 5.38. The molecule has 88 valence electrons. The molecule has 0 N–H and O–H groups in total. The first-order valence-electron chi connectivity index (χ1n) is 5.05. The number of nitrogens with zero attached hydrogens (tertiary/aromatic N) is 2. The predicted octanol–water partition coefficient (Wildman–Crippen LogP) is 2.67. The van der Waals surface area contributed by atoms with E-state index >= 15 is 0 Å². The van der Waals surface area contributed by atoms with Crippen LogP contribution in [0.1, 0.15) is 5.56 Å². The molecule has 5 heteroatoms. The lowest BCUT2D eigenvalue weighted by molar-refractivity contribution is 0.645. The van der Waals surface area contributed by atoms with Crippen molar-refractivity contribution in [3.63, 3.8) is 0 Å². The lowest BCUT2D eigenvalue weighted by atomic mass is 10.2. The van der Waals surface area contributed by atoms with Gasteiger partial charge in [-0.15, -0.1) is 0 Å². The topological polar surface area (TPSA) is 34.9 Å². The van der Waals surface area contributed by atoms with Crippen LogP contribution in [0.25, 0.3) is 0 Å². The summed E-state index contributed by atoms with van der Waals surface area (Å²) >= 11 is 7.28. The second-order valence-corrected chi connectivity index (χ2v) is 4.69. The highest BCUT2D eigenvalue weighted by atomic mass is 35.5. The SMILES string of the molecule is CSc1nccc(=O)n1Cc1ccc(Cl)cc1. The quantitative estimate of drug-likeness (QED) is 0.633. The van der Waals surface area contributed by atoms with Crippen LogP contribution < -0.4 is 5.56 Å². The van der Waals surface area contributed by atoms with E-state index in [0.29, 0.717) is 16.7 Å². The summed E-state index contributed by atoms with van der Waals surface area (Å²) in [5.74, 6) is 0. The standard InChI is InChI=1S/C12H11ClN2OS/c1-17-12-14-7-6-11(16)15(12)8-9-2-4-10(13)5-3-9/h2-7H,8H2,1H3. The highest BCUT2D eigenvalue weighted by molar-refractivity contribution is 7.98. The zero-order valence-electron chi connectivity index (χ0n) is 9.26. The highest BCUT2D eigenvalue weighted by Gasteiger charge is 2.04. The molecule has 0 aliphatic rings. The Morgan fingerprint density at radius 2 is 2.00 bits per heavy atom. The number of thioether (sulfide) groups is 1. The average Bonchev–Trinajstić information content (AvgIpc) is 2.34. The van der Waals surface area contributed by atoms with Crippen LogP contribution in [-0.4, -0.2) is 15.8 Å². The van der Waals surface area contributed by atoms with Gasteiger partial charge in [-0.2, -0.15) is 0 Å². The van der Waals surface area contributed by atoms with E-state index in [1.54, 1.807) is 4.57 Å². The Kier molecular flexibility index (Phi) is 3.86. The first-order chi connectivity index (χ1) is 8.20. The molecule has 0 radical (unpaired) electrons. The van der Waals surface area contributed by atoms with Crippen molar-refractivity contribution in [2.45, 2.75) is 11.7 Å². The van der Waals surface area contributed by atoms with Gasteiger partial charge < -0.3 is 0 Å². The fourth-order valence-corrected chi connectivity index (χ4v) is 2.17. The Morgan fingerprint density at radius 1 is 1.29 bits per heavy atom. The molecule has 0 amide bonds. The van der Waals surface area contributed by atoms with Gasteiger partial charge in [-0.3, -0.25) is 9.36 Å². The average molecular weight is 267 g/mol. The van der Waals surface area contributed by atoms with E-state index in [1.165, 1.54) is 24.0 Å². The number of halogens is 1. The zero-order valence-corrected chi connectivity index (χ0v) is 10.8. The van der Waals surface area contributed by atoms with Crippen molar-refractivity contribution in [3.05, 3.63) is 57.5 Å². The summed E-state index contributed by atoms with van der Waals surface area (Å²) in [7, 11) is 0. The summed E-state index contributed by atoms with van der Waals surface area (Å²) in [5.41, 5.74) is 0.985. The van der Waals surface area contributed by atoms with Crippen molar-refractivity contribution in [3.8, 4) is 0 Å². The molecule has 0 aliphatic carbocycles. The van der Waals surface area contributed by atoms with Gasteiger partial charge in [0.15, 0.2) is 5.16 Å². The van der Waals surface area contributed by atoms with Crippen molar-refractivity contribution < 1.29 is 0 Å². The van der Waals surface area contributed by atoms with Crippen LogP contribution in [0.4, 0.5) is 0 Å². The fourth-order valence-electron chi connectivity index (χ4n) is 1.50. The van der Waals surface area contributed by atoms with Gasteiger partial charge in [0.05, 0.1) is 6.54 Å². The van der Waals surface area contributed by atoms with Crippen LogP contribution in [0, 0.1) is 0 Å². The van der Waals surface area contributed by atoms with Gasteiger partial charge in [-0.25, -0.2) is 4.98 Å². The Hall–Kier alpha value is -1.26. The Bertz CT molecular complexity index is 565. The minimum Gasteiger partial charge on any atom is -0.283 e. The monoisotopic (exact) mass is 266 g/mol. The van der Waals surface area contributed by atoms with Crippen LogP contribution in [0.15, 0.2) is 46.5 Å². The molecule has 2 aromatic rings. The van der Waals surface area contributed by atoms with Crippen LogP contribution in [0.2, 0.25) is 5.02 Å². The van der Waals surface area contributed by atoms with Crippen LogP contribution in [-0.2, 0) is 6.54 Å². The zero-order chi connectivity index (χ0) is 12.3. The normalized spacial score (nSPS) is 10.5. The molecule has 0 atom stereocenters. The van der Waals surface area contributed by atoms with E-state index in [1.807, 2.05) is 30.5 Å². The van der Waals surface area contributed by atoms with Crippen molar-refractivity contribution in [2.75, 3.05) is 6.26 Å². The largest absolute Gasteiger partial charge is 0.283 e. The summed E-state index contributed by atoms with van der Waals surface area (Å²) in [4.78, 5) is 15.9. The van der Waals surface area contributed by atoms with Gasteiger partial charge >= 0.3 is 0 Å². The summed E-state index contributed by atoms with van der Waals surface area (Å²) in [6.45, 7) is 0.514. The molecule has 0 saturated carbocycles. The first kappa shape index (κ1) is 12.2. The van der Waals surface area contributed by atoms with Crippen molar-refractivity contribution in [1.82, 2.24) is 9.55 Å². The maximum Gasteiger partial charge on any atom is 0.254 e. The summed E-state index contributed by atoms with van der Waals surface area (Å²) < 4.78 is 1.65. The first-order valence-corrected chi connectivity index (χ1v) is 6.65. The van der Waals surface area contributed by atoms with E-state index in [9.17, 15) is 4.79 Å². The van der Waals surface area contributed by atoms with Crippen molar-refractivity contribution in [1.29, 1.82) is 0 Å². The lowest BCUT2D eigenvalue weighted by Crippen LogP contribution is -2.22. The number of rotatable bonds is 3. The van der Waals surface area contributed by atoms with Gasteiger partial charge in [0, 0.05) is 17.3 Å². The lowest BCUT2D eigenvalue weighted by Gasteiger charge is -2.09. The maximum absolute atomic E-state index is 11.8. The van der Waals surface area contributed by atoms with Crippen LogP contribution >= 0.6 is 23.4 Å². The van der Waals surface area contributed by atoms with Crippen LogP contribution in [0.3, 0.4) is 0 Å². The van der Waals surface area contributed by atoms with Crippen molar-refractivity contribution in [2.24, 2.45) is 0 Å². The minimum atomic E-state index is -0.0423. The van der Waals surface area contributed by atoms with E-state index in [4.69, 9.17) is 11.6 Å². The number of hydrogen-bond donors (Lipinski definition) is 0. The molecule has 0 spiro atoms. The number of benzene rings is 1. The smallest absolute Gasteiger partial charge is 0.254 e. The Morgan fingerprint density at radius 3 is 2.65 bits per heavy atom. The Balaban J connectivity index is 2.35. The minimum absolute atomic E-state index is 0.0423. The van der Waals surface area contributed by atoms with Gasteiger partial charge in [-0.1, -0.05) is 35.5 Å². The highest BCUT2D eigenvalue weighted by Crippen LogP contribution is 2.13. The van der Waals surface area contributed by atoms with Crippen LogP contribution in [0.5, 0.6) is 0 Å². The van der Waals surface area contributed by atoms with Crippen molar-refractivity contribution >= 4 is 23.4 Å². The molecule has 1 aromatic carbocycles. The molecule has 17 heavy (non-hydrogen) atoms. The Labute approximate surface area is 108 Å². The molecule has 0 unspecified atom stereocenters. The molecular weight excluding hydrogens is 256 g/mol. The third-order valence-electron chi connectivity index (χ3n) is 2.34. The molecule has 0 aliphatic heterocycles. The third-order valence-corrected chi connectivity index (χ3v) is 3.28. The maximum atomic E-state index is 11.8. The molecule has 3 nitrogen and oxygen atoms in total. The summed E-state index contributed by atoms with van der Waals surface area (Å²) in [6, 6.07) is 8.92. The molecule has 2 rings (SSSR count). The van der Waals surface area contributed by atoms with Gasteiger partial charge in [-0.05, 0) is 24.0 Å². The second-order valence-electron chi connectivity index (χ2n) is 3.48. The summed E-state index contributed by atoms with van der Waals surface area (Å²) in [5, 5.41) is 1.41. The summed E-state index contributed by atoms with van der Waals surface area (Å²) in [6.07, 6.45) is 3.44. The van der Waals surface area contributed by atoms with E-state index in [0.717, 1.165) is 5.56 Å². The number of hydrogen-bond acceptors (Lipinski definition) is 3. The molecule has 1 heterocycles. The fraction of sp³-hybridized carbons (Fsp3) is 0.167. The van der Waals surface area contributed by atoms with Gasteiger partial charge in [0.25, 0.3) is 5.56 Å². The van der Waals surface area contributed by atoms with E-state index in [-0.39, 0.29) is 5.56 Å². The third kappa shape index (κ3) is 2.90. The molecular formula is C12H11ClN2OS. The van der Waals surface area contributed by atoms with Gasteiger partial charge in [0.1, 0.15) is 0 Å². The molecule has 0 saturated heterocycles. The van der Waals surface area contributed by atoms with E-state index < -0.39 is 0 Å². The molecule has 1 aromatic heterocycles. The number of aromatic nitrogens is 2. The molecule has 0 bridgehead atoms.